The molecule has 2 aromatic heterocycles. The normalized spacial score (nSPS) is 11.6. The molecule has 4 aromatic rings. The molecule has 33 heavy (non-hydrogen) atoms. The van der Waals surface area contributed by atoms with E-state index in [4.69, 9.17) is 9.15 Å². The van der Waals surface area contributed by atoms with E-state index in [0.717, 1.165) is 44.4 Å². The molecule has 2 heterocycles. The summed E-state index contributed by atoms with van der Waals surface area (Å²) in [4.78, 5) is 16.9. The van der Waals surface area contributed by atoms with E-state index in [1.54, 1.807) is 25.6 Å². The smallest absolute Gasteiger partial charge is 0.249 e. The van der Waals surface area contributed by atoms with Crippen molar-refractivity contribution in [1.82, 2.24) is 4.98 Å². The Kier molecular flexibility index (Phi) is 6.05. The lowest BCUT2D eigenvalue weighted by molar-refractivity contribution is -0.111. The first-order valence-electron chi connectivity index (χ1n) is 10.9. The largest absolute Gasteiger partial charge is 0.496 e. The number of ether oxygens (including phenoxy) is 1. The first-order chi connectivity index (χ1) is 15.8. The van der Waals surface area contributed by atoms with Crippen molar-refractivity contribution < 1.29 is 13.9 Å². The fourth-order valence-electron chi connectivity index (χ4n) is 4.24. The van der Waals surface area contributed by atoms with Crippen LogP contribution < -0.4 is 10.1 Å². The number of aromatic nitrogens is 1. The van der Waals surface area contributed by atoms with Crippen LogP contribution in [0, 0.1) is 27.7 Å². The van der Waals surface area contributed by atoms with Crippen LogP contribution in [0.2, 0.25) is 0 Å². The van der Waals surface area contributed by atoms with Gasteiger partial charge in [0.2, 0.25) is 5.91 Å². The van der Waals surface area contributed by atoms with Crippen LogP contribution in [0.1, 0.15) is 34.7 Å². The minimum atomic E-state index is -0.243. The average molecular weight is 441 g/mol. The maximum atomic E-state index is 12.7. The molecule has 0 atom stereocenters. The number of amides is 1. The van der Waals surface area contributed by atoms with Crippen molar-refractivity contribution in [2.75, 3.05) is 12.4 Å². The molecule has 0 bridgehead atoms. The predicted molar refractivity (Wildman–Crippen MR) is 134 cm³/mol. The number of carbonyl (C=O) groups is 1. The maximum absolute atomic E-state index is 12.7. The second-order valence-electron chi connectivity index (χ2n) is 8.46. The minimum absolute atomic E-state index is 0.243. The number of rotatable bonds is 5. The number of methoxy groups -OCH3 is 1. The third-order valence-electron chi connectivity index (χ3n) is 5.86. The fourth-order valence-corrected chi connectivity index (χ4v) is 4.24. The summed E-state index contributed by atoms with van der Waals surface area (Å²) < 4.78 is 11.7. The highest BCUT2D eigenvalue weighted by Gasteiger charge is 2.19. The van der Waals surface area contributed by atoms with Crippen LogP contribution in [-0.4, -0.2) is 18.0 Å². The molecule has 0 aliphatic heterocycles. The monoisotopic (exact) mass is 440 g/mol. The zero-order valence-corrected chi connectivity index (χ0v) is 19.9. The summed E-state index contributed by atoms with van der Waals surface area (Å²) in [7, 11) is 1.63. The number of aryl methyl sites for hydroxylation is 4. The molecule has 0 saturated heterocycles. The Morgan fingerprint density at radius 1 is 1.03 bits per heavy atom. The molecular weight excluding hydrogens is 412 g/mol. The number of pyridine rings is 1. The second kappa shape index (κ2) is 8.94. The zero-order valence-electron chi connectivity index (χ0n) is 19.9. The lowest BCUT2D eigenvalue weighted by atomic mass is 9.94. The third-order valence-corrected chi connectivity index (χ3v) is 5.86. The number of nitrogens with zero attached hydrogens (tertiary/aromatic N) is 1. The van der Waals surface area contributed by atoms with Crippen LogP contribution in [0.25, 0.3) is 27.7 Å². The summed E-state index contributed by atoms with van der Waals surface area (Å²) in [5.41, 5.74) is 8.90. The number of furan rings is 1. The van der Waals surface area contributed by atoms with E-state index < -0.39 is 0 Å². The number of hydrogen-bond acceptors (Lipinski definition) is 4. The van der Waals surface area contributed by atoms with Gasteiger partial charge in [-0.15, -0.1) is 0 Å². The summed E-state index contributed by atoms with van der Waals surface area (Å²) in [6.45, 7) is 10.0. The van der Waals surface area contributed by atoms with Gasteiger partial charge in [0.05, 0.1) is 13.4 Å². The Bertz CT molecular complexity index is 1400. The number of allylic oxidation sites excluding steroid dienone is 1. The van der Waals surface area contributed by atoms with Gasteiger partial charge < -0.3 is 14.5 Å². The van der Waals surface area contributed by atoms with Crippen LogP contribution in [0.5, 0.6) is 5.75 Å². The van der Waals surface area contributed by atoms with Crippen LogP contribution >= 0.6 is 0 Å². The number of fused-ring (bicyclic) bond motifs is 1. The first-order valence-corrected chi connectivity index (χ1v) is 10.9. The highest BCUT2D eigenvalue weighted by molar-refractivity contribution is 6.05. The zero-order chi connectivity index (χ0) is 23.7. The highest BCUT2D eigenvalue weighted by Crippen LogP contribution is 2.41. The summed E-state index contributed by atoms with van der Waals surface area (Å²) in [5.74, 6) is 0.973. The molecule has 2 aromatic carbocycles. The highest BCUT2D eigenvalue weighted by atomic mass is 16.5. The Hall–Kier alpha value is -3.86. The predicted octanol–water partition coefficient (Wildman–Crippen LogP) is 6.78. The van der Waals surface area contributed by atoms with Gasteiger partial charge in [0, 0.05) is 34.3 Å². The minimum Gasteiger partial charge on any atom is -0.496 e. The second-order valence-corrected chi connectivity index (χ2v) is 8.46. The van der Waals surface area contributed by atoms with E-state index >= 15 is 0 Å². The lowest BCUT2D eigenvalue weighted by Gasteiger charge is -2.14. The van der Waals surface area contributed by atoms with Crippen molar-refractivity contribution in [3.63, 3.8) is 0 Å². The molecule has 5 nitrogen and oxygen atoms in total. The number of carbonyl (C=O) groups excluding carboxylic acids is 1. The molecule has 0 spiro atoms. The quantitative estimate of drug-likeness (QED) is 0.348. The van der Waals surface area contributed by atoms with E-state index in [1.807, 2.05) is 39.0 Å². The third kappa shape index (κ3) is 4.40. The Morgan fingerprint density at radius 3 is 2.48 bits per heavy atom. The van der Waals surface area contributed by atoms with Gasteiger partial charge in [-0.1, -0.05) is 23.8 Å². The van der Waals surface area contributed by atoms with Gasteiger partial charge in [-0.2, -0.15) is 0 Å². The van der Waals surface area contributed by atoms with Gasteiger partial charge in [-0.25, -0.2) is 4.98 Å². The summed E-state index contributed by atoms with van der Waals surface area (Å²) in [6, 6.07) is 12.2. The van der Waals surface area contributed by atoms with Crippen LogP contribution in [0.4, 0.5) is 5.82 Å². The summed E-state index contributed by atoms with van der Waals surface area (Å²) in [6.07, 6.45) is 5.05. The van der Waals surface area contributed by atoms with Crippen molar-refractivity contribution in [2.45, 2.75) is 34.6 Å². The van der Waals surface area contributed by atoms with E-state index in [-0.39, 0.29) is 5.91 Å². The van der Waals surface area contributed by atoms with Gasteiger partial charge in [0.15, 0.2) is 0 Å². The SMILES string of the molecule is COc1c(/C(C)=C/C(=O)Nc2cc(C)ccn2)cc2c(-c3ccc(C)cc3C)coc2c1C. The van der Waals surface area contributed by atoms with Crippen molar-refractivity contribution in [3.8, 4) is 16.9 Å². The molecule has 168 valence electrons. The fraction of sp³-hybridized carbons (Fsp3) is 0.214. The molecule has 5 heteroatoms. The van der Waals surface area contributed by atoms with Gasteiger partial charge in [-0.05, 0) is 75.1 Å². The van der Waals surface area contributed by atoms with Crippen molar-refractivity contribution >= 4 is 28.3 Å². The van der Waals surface area contributed by atoms with Gasteiger partial charge in [0.1, 0.15) is 17.2 Å². The molecular formula is C28H28N2O3. The van der Waals surface area contributed by atoms with E-state index in [0.29, 0.717) is 11.6 Å². The average Bonchev–Trinajstić information content (AvgIpc) is 3.17. The van der Waals surface area contributed by atoms with Gasteiger partial charge in [0.25, 0.3) is 0 Å². The molecule has 0 unspecified atom stereocenters. The Labute approximate surface area is 194 Å². The van der Waals surface area contributed by atoms with E-state index in [2.05, 4.69) is 42.3 Å². The molecule has 0 aliphatic rings. The number of nitrogens with one attached hydrogen (secondary N) is 1. The molecule has 4 rings (SSSR count). The van der Waals surface area contributed by atoms with Crippen LogP contribution in [0.3, 0.4) is 0 Å². The summed E-state index contributed by atoms with van der Waals surface area (Å²) >= 11 is 0. The maximum Gasteiger partial charge on any atom is 0.249 e. The van der Waals surface area contributed by atoms with Gasteiger partial charge >= 0.3 is 0 Å². The molecule has 0 fully saturated rings. The van der Waals surface area contributed by atoms with Gasteiger partial charge in [-0.3, -0.25) is 4.79 Å². The van der Waals surface area contributed by atoms with Crippen molar-refractivity contribution in [3.05, 3.63) is 82.8 Å². The van der Waals surface area contributed by atoms with Crippen molar-refractivity contribution in [2.24, 2.45) is 0 Å². The molecule has 0 saturated carbocycles. The number of anilines is 1. The van der Waals surface area contributed by atoms with Crippen LogP contribution in [-0.2, 0) is 4.79 Å². The van der Waals surface area contributed by atoms with Crippen molar-refractivity contribution in [1.29, 1.82) is 0 Å². The van der Waals surface area contributed by atoms with E-state index in [1.165, 1.54) is 11.1 Å². The summed E-state index contributed by atoms with van der Waals surface area (Å²) in [5, 5.41) is 3.82. The van der Waals surface area contributed by atoms with E-state index in [9.17, 15) is 4.79 Å². The lowest BCUT2D eigenvalue weighted by Crippen LogP contribution is -2.10. The Balaban J connectivity index is 1.79. The topological polar surface area (TPSA) is 64.4 Å². The molecule has 1 amide bonds. The first kappa shape index (κ1) is 22.3. The number of hydrogen-bond donors (Lipinski definition) is 1. The Morgan fingerprint density at radius 2 is 1.79 bits per heavy atom. The molecule has 1 N–H and O–H groups in total. The number of benzene rings is 2. The molecule has 0 radical (unpaired) electrons. The standard InChI is InChI=1S/C28H28N2O3/c1-16-7-8-21(18(3)11-16)24-15-33-28-20(5)27(32-6)22(14-23(24)28)19(4)13-26(31)30-25-12-17(2)9-10-29-25/h7-15H,1-6H3,(H,29,30,31)/b19-13+. The molecule has 0 aliphatic carbocycles. The van der Waals surface area contributed by atoms with Crippen LogP contribution in [0.15, 0.2) is 59.4 Å².